The fourth-order valence-electron chi connectivity index (χ4n) is 2.77. The summed E-state index contributed by atoms with van der Waals surface area (Å²) in [5, 5.41) is 7.43. The van der Waals surface area contributed by atoms with Crippen LogP contribution in [-0.4, -0.2) is 37.3 Å². The average molecular weight is 351 g/mol. The van der Waals surface area contributed by atoms with E-state index in [9.17, 15) is 8.42 Å². The van der Waals surface area contributed by atoms with E-state index in [0.717, 1.165) is 0 Å². The minimum Gasteiger partial charge on any atom is -0.313 e. The molecule has 0 saturated heterocycles. The van der Waals surface area contributed by atoms with E-state index >= 15 is 0 Å². The minimum atomic E-state index is -3.45. The Hall–Kier alpha value is -0.630. The van der Waals surface area contributed by atoms with Crippen molar-refractivity contribution in [2.75, 3.05) is 13.1 Å². The molecule has 0 bridgehead atoms. The highest BCUT2D eigenvalue weighted by molar-refractivity contribution is 7.89. The second-order valence-corrected chi connectivity index (χ2v) is 7.49. The van der Waals surface area contributed by atoms with Gasteiger partial charge in [-0.2, -0.15) is 5.10 Å². The third-order valence-electron chi connectivity index (χ3n) is 4.18. The smallest absolute Gasteiger partial charge is 0.244 e. The molecule has 2 rings (SSSR count). The molecule has 1 heterocycles. The quantitative estimate of drug-likeness (QED) is 0.605. The lowest BCUT2D eigenvalue weighted by Gasteiger charge is -2.16. The molecule has 0 atom stereocenters. The van der Waals surface area contributed by atoms with Gasteiger partial charge in [-0.3, -0.25) is 4.68 Å². The predicted molar refractivity (Wildman–Crippen MR) is 89.9 cm³/mol. The van der Waals surface area contributed by atoms with E-state index in [-0.39, 0.29) is 17.3 Å². The predicted octanol–water partition coefficient (Wildman–Crippen LogP) is 1.74. The Morgan fingerprint density at radius 2 is 1.86 bits per heavy atom. The maximum atomic E-state index is 12.2. The number of sulfonamides is 1. The standard InChI is InChI=1S/C14H26N4O2S.ClH/c1-12-14(11-16-18(12)2)21(19,20)17-10-9-15-13-7-5-3-4-6-8-13;/h11,13,15,17H,3-10H2,1-2H3;1H. The Kier molecular flexibility index (Phi) is 7.82. The third kappa shape index (κ3) is 5.22. The highest BCUT2D eigenvalue weighted by Gasteiger charge is 2.19. The molecule has 2 N–H and O–H groups in total. The summed E-state index contributed by atoms with van der Waals surface area (Å²) in [5.41, 5.74) is 0.652. The number of rotatable bonds is 6. The highest BCUT2D eigenvalue weighted by atomic mass is 35.5. The van der Waals surface area contributed by atoms with Gasteiger partial charge in [-0.05, 0) is 19.8 Å². The molecule has 6 nitrogen and oxygen atoms in total. The molecule has 1 saturated carbocycles. The van der Waals surface area contributed by atoms with Crippen LogP contribution in [0, 0.1) is 6.92 Å². The average Bonchev–Trinajstić information content (AvgIpc) is 2.68. The Balaban J connectivity index is 0.00000242. The van der Waals surface area contributed by atoms with Crippen LogP contribution < -0.4 is 10.0 Å². The van der Waals surface area contributed by atoms with Crippen molar-refractivity contribution in [2.24, 2.45) is 7.05 Å². The molecule has 0 radical (unpaired) electrons. The molecule has 8 heteroatoms. The van der Waals surface area contributed by atoms with Crippen LogP contribution in [0.15, 0.2) is 11.1 Å². The molecule has 22 heavy (non-hydrogen) atoms. The largest absolute Gasteiger partial charge is 0.313 e. The number of hydrogen-bond acceptors (Lipinski definition) is 4. The van der Waals surface area contributed by atoms with Crippen LogP contribution in [0.4, 0.5) is 0 Å². The lowest BCUT2D eigenvalue weighted by molar-refractivity contribution is 0.461. The van der Waals surface area contributed by atoms with Crippen LogP contribution in [0.3, 0.4) is 0 Å². The van der Waals surface area contributed by atoms with Crippen molar-refractivity contribution in [1.29, 1.82) is 0 Å². The molecular formula is C14H27ClN4O2S. The molecule has 1 aromatic rings. The Morgan fingerprint density at radius 3 is 2.41 bits per heavy atom. The molecule has 1 fully saturated rings. The number of aryl methyl sites for hydroxylation is 1. The summed E-state index contributed by atoms with van der Waals surface area (Å²) in [6.45, 7) is 2.84. The summed E-state index contributed by atoms with van der Waals surface area (Å²) >= 11 is 0. The van der Waals surface area contributed by atoms with Crippen molar-refractivity contribution in [3.05, 3.63) is 11.9 Å². The lowest BCUT2D eigenvalue weighted by atomic mass is 10.1. The number of hydrogen-bond donors (Lipinski definition) is 2. The first-order valence-electron chi connectivity index (χ1n) is 7.72. The van der Waals surface area contributed by atoms with Gasteiger partial charge >= 0.3 is 0 Å². The highest BCUT2D eigenvalue weighted by Crippen LogP contribution is 2.17. The lowest BCUT2D eigenvalue weighted by Crippen LogP contribution is -2.37. The first-order chi connectivity index (χ1) is 10.0. The van der Waals surface area contributed by atoms with Gasteiger partial charge in [0, 0.05) is 26.2 Å². The topological polar surface area (TPSA) is 76.0 Å². The van der Waals surface area contributed by atoms with Gasteiger partial charge in [-0.25, -0.2) is 13.1 Å². The van der Waals surface area contributed by atoms with Crippen LogP contribution >= 0.6 is 12.4 Å². The van der Waals surface area contributed by atoms with Crippen LogP contribution in [0.25, 0.3) is 0 Å². The van der Waals surface area contributed by atoms with Crippen molar-refractivity contribution in [2.45, 2.75) is 56.4 Å². The summed E-state index contributed by atoms with van der Waals surface area (Å²) in [4.78, 5) is 0.263. The second kappa shape index (κ2) is 8.86. The summed E-state index contributed by atoms with van der Waals surface area (Å²) in [6, 6.07) is 0.539. The van der Waals surface area contributed by atoms with Crippen molar-refractivity contribution in [3.8, 4) is 0 Å². The third-order valence-corrected chi connectivity index (χ3v) is 5.75. The summed E-state index contributed by atoms with van der Waals surface area (Å²) in [6.07, 6.45) is 9.01. The number of aromatic nitrogens is 2. The summed E-state index contributed by atoms with van der Waals surface area (Å²) in [7, 11) is -1.72. The van der Waals surface area contributed by atoms with Gasteiger partial charge in [0.2, 0.25) is 10.0 Å². The maximum Gasteiger partial charge on any atom is 0.244 e. The van der Waals surface area contributed by atoms with E-state index < -0.39 is 10.0 Å². The SMILES string of the molecule is Cc1c(S(=O)(=O)NCCNC2CCCCCC2)cnn1C.Cl. The van der Waals surface area contributed by atoms with Crippen molar-refractivity contribution < 1.29 is 8.42 Å². The van der Waals surface area contributed by atoms with E-state index in [0.29, 0.717) is 24.8 Å². The van der Waals surface area contributed by atoms with E-state index in [4.69, 9.17) is 0 Å². The van der Waals surface area contributed by atoms with Gasteiger partial charge in [0.1, 0.15) is 4.90 Å². The van der Waals surface area contributed by atoms with Crippen LogP contribution in [-0.2, 0) is 17.1 Å². The molecule has 128 valence electrons. The zero-order valence-electron chi connectivity index (χ0n) is 13.3. The van der Waals surface area contributed by atoms with E-state index in [1.807, 2.05) is 0 Å². The van der Waals surface area contributed by atoms with E-state index in [2.05, 4.69) is 15.1 Å². The Labute approximate surface area is 139 Å². The number of nitrogens with one attached hydrogen (secondary N) is 2. The van der Waals surface area contributed by atoms with Gasteiger partial charge in [0.15, 0.2) is 0 Å². The molecular weight excluding hydrogens is 324 g/mol. The summed E-state index contributed by atoms with van der Waals surface area (Å²) < 4.78 is 28.6. The monoisotopic (exact) mass is 350 g/mol. The molecule has 0 amide bonds. The Morgan fingerprint density at radius 1 is 1.23 bits per heavy atom. The van der Waals surface area contributed by atoms with Gasteiger partial charge in [-0.15, -0.1) is 12.4 Å². The van der Waals surface area contributed by atoms with Crippen molar-refractivity contribution in [1.82, 2.24) is 19.8 Å². The molecule has 1 aliphatic rings. The van der Waals surface area contributed by atoms with E-state index in [1.165, 1.54) is 44.7 Å². The summed E-state index contributed by atoms with van der Waals surface area (Å²) in [5.74, 6) is 0. The number of nitrogens with zero attached hydrogens (tertiary/aromatic N) is 2. The zero-order valence-corrected chi connectivity index (χ0v) is 15.0. The molecule has 0 unspecified atom stereocenters. The maximum absolute atomic E-state index is 12.2. The normalized spacial score (nSPS) is 17.0. The first kappa shape index (κ1) is 19.4. The van der Waals surface area contributed by atoms with Crippen molar-refractivity contribution in [3.63, 3.8) is 0 Å². The van der Waals surface area contributed by atoms with Crippen LogP contribution in [0.2, 0.25) is 0 Å². The zero-order chi connectivity index (χ0) is 15.3. The molecule has 1 aliphatic carbocycles. The fraction of sp³-hybridized carbons (Fsp3) is 0.786. The van der Waals surface area contributed by atoms with E-state index in [1.54, 1.807) is 18.7 Å². The molecule has 0 aliphatic heterocycles. The number of halogens is 1. The molecule has 0 spiro atoms. The molecule has 0 aromatic carbocycles. The van der Waals surface area contributed by atoms with Gasteiger partial charge in [0.05, 0.1) is 11.9 Å². The fourth-order valence-corrected chi connectivity index (χ4v) is 4.00. The van der Waals surface area contributed by atoms with Crippen LogP contribution in [0.5, 0.6) is 0 Å². The first-order valence-corrected chi connectivity index (χ1v) is 9.20. The van der Waals surface area contributed by atoms with Crippen LogP contribution in [0.1, 0.15) is 44.2 Å². The molecule has 1 aromatic heterocycles. The van der Waals surface area contributed by atoms with Crippen molar-refractivity contribution >= 4 is 22.4 Å². The second-order valence-electron chi connectivity index (χ2n) is 5.76. The van der Waals surface area contributed by atoms with Gasteiger partial charge < -0.3 is 5.32 Å². The van der Waals surface area contributed by atoms with Gasteiger partial charge in [-0.1, -0.05) is 25.7 Å². The van der Waals surface area contributed by atoms with Gasteiger partial charge in [0.25, 0.3) is 0 Å². The minimum absolute atomic E-state index is 0. The Bertz CT molecular complexity index is 551.